The number of hydrogen-bond donors (Lipinski definition) is 0. The molecule has 0 aromatic rings. The van der Waals surface area contributed by atoms with E-state index in [1.165, 1.54) is 167 Å². The van der Waals surface area contributed by atoms with Gasteiger partial charge in [0.05, 0.1) is 0 Å². The van der Waals surface area contributed by atoms with Crippen LogP contribution in [0.15, 0.2) is 72.9 Å². The maximum Gasteiger partial charge on any atom is 0.306 e. The highest BCUT2D eigenvalue weighted by Crippen LogP contribution is 2.16. The van der Waals surface area contributed by atoms with Crippen LogP contribution in [0.1, 0.15) is 303 Å². The Labute approximate surface area is 440 Å². The van der Waals surface area contributed by atoms with Crippen molar-refractivity contribution in [3.8, 4) is 0 Å². The summed E-state index contributed by atoms with van der Waals surface area (Å²) in [7, 11) is 0. The fourth-order valence-electron chi connectivity index (χ4n) is 8.64. The Balaban J connectivity index is 4.27. The molecule has 0 aliphatic carbocycles. The van der Waals surface area contributed by atoms with Crippen molar-refractivity contribution in [3.63, 3.8) is 0 Å². The van der Waals surface area contributed by atoms with Crippen LogP contribution in [0.4, 0.5) is 0 Å². The van der Waals surface area contributed by atoms with Crippen LogP contribution in [0.5, 0.6) is 0 Å². The first kappa shape index (κ1) is 67.8. The molecule has 0 heterocycles. The van der Waals surface area contributed by atoms with Crippen LogP contribution in [-0.4, -0.2) is 37.2 Å². The predicted molar refractivity (Wildman–Crippen MR) is 307 cm³/mol. The second-order valence-electron chi connectivity index (χ2n) is 20.2. The molecule has 0 bridgehead atoms. The molecule has 6 nitrogen and oxygen atoms in total. The summed E-state index contributed by atoms with van der Waals surface area (Å²) in [4.78, 5) is 38.2. The van der Waals surface area contributed by atoms with E-state index in [9.17, 15) is 14.4 Å². The van der Waals surface area contributed by atoms with Crippen molar-refractivity contribution in [2.24, 2.45) is 0 Å². The van der Waals surface area contributed by atoms with Crippen molar-refractivity contribution in [2.75, 3.05) is 13.2 Å². The topological polar surface area (TPSA) is 78.9 Å². The van der Waals surface area contributed by atoms with Gasteiger partial charge in [-0.1, -0.05) is 267 Å². The van der Waals surface area contributed by atoms with Crippen LogP contribution in [0.25, 0.3) is 0 Å². The summed E-state index contributed by atoms with van der Waals surface area (Å²) in [6, 6.07) is 0. The van der Waals surface area contributed by atoms with E-state index in [1.807, 2.05) is 0 Å². The number of ether oxygens (including phenoxy) is 3. The van der Waals surface area contributed by atoms with Gasteiger partial charge in [0.25, 0.3) is 0 Å². The molecule has 0 aliphatic rings. The summed E-state index contributed by atoms with van der Waals surface area (Å²) in [5.41, 5.74) is 0. The standard InChI is InChI=1S/C65H114O6/c1-4-7-10-13-16-19-22-24-26-28-30-31-32-33-34-35-36-38-39-41-43-46-49-52-55-58-64(67)70-61-62(60-69-63(66)57-54-51-48-45-21-18-15-12-9-6-3)71-65(68)59-56-53-50-47-44-42-40-37-29-27-25-23-20-17-14-11-8-5-2/h7,10,16,19,24,26-27,29-31,33-34,62H,4-6,8-9,11-15,17-18,20-23,25,28,32,35-61H2,1-3H3/b10-7-,19-16-,26-24-,29-27-,31-30-,34-33-. The number of carbonyl (C=O) groups is 3. The van der Waals surface area contributed by atoms with Gasteiger partial charge in [0, 0.05) is 19.3 Å². The Hall–Kier alpha value is -3.15. The summed E-state index contributed by atoms with van der Waals surface area (Å²) in [5.74, 6) is -0.877. The van der Waals surface area contributed by atoms with E-state index >= 15 is 0 Å². The maximum atomic E-state index is 12.9. The van der Waals surface area contributed by atoms with E-state index in [0.29, 0.717) is 19.3 Å². The molecule has 0 rings (SSSR count). The second-order valence-corrected chi connectivity index (χ2v) is 20.2. The van der Waals surface area contributed by atoms with Crippen LogP contribution < -0.4 is 0 Å². The Kier molecular flexibility index (Phi) is 56.8. The van der Waals surface area contributed by atoms with Gasteiger partial charge in [0.1, 0.15) is 13.2 Å². The molecule has 71 heavy (non-hydrogen) atoms. The van der Waals surface area contributed by atoms with Crippen LogP contribution in [0, 0.1) is 0 Å². The smallest absolute Gasteiger partial charge is 0.306 e. The first-order chi connectivity index (χ1) is 35.0. The molecule has 0 saturated carbocycles. The molecule has 0 aliphatic heterocycles. The number of carbonyl (C=O) groups excluding carboxylic acids is 3. The average molecular weight is 992 g/mol. The zero-order valence-corrected chi connectivity index (χ0v) is 47.0. The van der Waals surface area contributed by atoms with Gasteiger partial charge in [0.2, 0.25) is 0 Å². The molecule has 0 amide bonds. The lowest BCUT2D eigenvalue weighted by molar-refractivity contribution is -0.167. The predicted octanol–water partition coefficient (Wildman–Crippen LogP) is 20.5. The largest absolute Gasteiger partial charge is 0.462 e. The molecule has 0 aromatic heterocycles. The summed E-state index contributed by atoms with van der Waals surface area (Å²) < 4.78 is 16.9. The first-order valence-electron chi connectivity index (χ1n) is 30.4. The highest BCUT2D eigenvalue weighted by molar-refractivity contribution is 5.71. The van der Waals surface area contributed by atoms with Gasteiger partial charge in [-0.3, -0.25) is 14.4 Å². The number of esters is 3. The van der Waals surface area contributed by atoms with Crippen molar-refractivity contribution in [1.82, 2.24) is 0 Å². The molecule has 1 unspecified atom stereocenters. The monoisotopic (exact) mass is 991 g/mol. The second kappa shape index (κ2) is 59.4. The Morgan fingerprint density at radius 2 is 0.549 bits per heavy atom. The third kappa shape index (κ3) is 57.6. The Bertz CT molecular complexity index is 1320. The molecule has 0 aromatic carbocycles. The quantitative estimate of drug-likeness (QED) is 0.0261. The zero-order valence-electron chi connectivity index (χ0n) is 47.0. The van der Waals surface area contributed by atoms with Gasteiger partial charge < -0.3 is 14.2 Å². The summed E-state index contributed by atoms with van der Waals surface area (Å²) in [6.07, 6.45) is 76.2. The number of rotatable bonds is 55. The van der Waals surface area contributed by atoms with Gasteiger partial charge in [-0.05, 0) is 89.9 Å². The molecule has 410 valence electrons. The van der Waals surface area contributed by atoms with Crippen molar-refractivity contribution < 1.29 is 28.6 Å². The van der Waals surface area contributed by atoms with E-state index < -0.39 is 6.10 Å². The number of allylic oxidation sites excluding steroid dienone is 12. The maximum absolute atomic E-state index is 12.9. The van der Waals surface area contributed by atoms with E-state index in [-0.39, 0.29) is 31.1 Å². The lowest BCUT2D eigenvalue weighted by Crippen LogP contribution is -2.30. The zero-order chi connectivity index (χ0) is 51.4. The van der Waals surface area contributed by atoms with E-state index in [1.54, 1.807) is 0 Å². The minimum absolute atomic E-state index is 0.0761. The molecule has 6 heteroatoms. The van der Waals surface area contributed by atoms with Crippen LogP contribution in [-0.2, 0) is 28.6 Å². The summed E-state index contributed by atoms with van der Waals surface area (Å²) in [5, 5.41) is 0. The van der Waals surface area contributed by atoms with E-state index in [2.05, 4.69) is 93.7 Å². The third-order valence-electron chi connectivity index (χ3n) is 13.2. The minimum atomic E-state index is -0.778. The molecule has 1 atom stereocenters. The van der Waals surface area contributed by atoms with Crippen LogP contribution in [0.2, 0.25) is 0 Å². The van der Waals surface area contributed by atoms with Gasteiger partial charge in [0.15, 0.2) is 6.10 Å². The molecule has 0 saturated heterocycles. The lowest BCUT2D eigenvalue weighted by Gasteiger charge is -2.18. The Morgan fingerprint density at radius 3 is 0.873 bits per heavy atom. The number of unbranched alkanes of at least 4 members (excludes halogenated alkanes) is 32. The van der Waals surface area contributed by atoms with Gasteiger partial charge in [-0.15, -0.1) is 0 Å². The molecular weight excluding hydrogens is 877 g/mol. The number of hydrogen-bond acceptors (Lipinski definition) is 6. The summed E-state index contributed by atoms with van der Waals surface area (Å²) >= 11 is 0. The van der Waals surface area contributed by atoms with Crippen molar-refractivity contribution in [2.45, 2.75) is 309 Å². The van der Waals surface area contributed by atoms with E-state index in [0.717, 1.165) is 96.3 Å². The fraction of sp³-hybridized carbons (Fsp3) is 0.769. The highest BCUT2D eigenvalue weighted by Gasteiger charge is 2.19. The van der Waals surface area contributed by atoms with Crippen molar-refractivity contribution >= 4 is 17.9 Å². The normalized spacial score (nSPS) is 12.5. The Morgan fingerprint density at radius 1 is 0.296 bits per heavy atom. The van der Waals surface area contributed by atoms with E-state index in [4.69, 9.17) is 14.2 Å². The molecular formula is C65H114O6. The SMILES string of the molecule is CC/C=C\C/C=C\C/C=C\C/C=C\C/C=C\CCCCCCCCCCCC(=O)OCC(COC(=O)CCCCCCCCCCCC)OC(=O)CCCCCCCCC/C=C\CCCCCCCCC. The fourth-order valence-corrected chi connectivity index (χ4v) is 8.64. The molecule has 0 radical (unpaired) electrons. The lowest BCUT2D eigenvalue weighted by atomic mass is 10.1. The molecule has 0 fully saturated rings. The molecule has 0 N–H and O–H groups in total. The van der Waals surface area contributed by atoms with Gasteiger partial charge in [-0.2, -0.15) is 0 Å². The van der Waals surface area contributed by atoms with Crippen molar-refractivity contribution in [1.29, 1.82) is 0 Å². The minimum Gasteiger partial charge on any atom is -0.462 e. The van der Waals surface area contributed by atoms with Crippen molar-refractivity contribution in [3.05, 3.63) is 72.9 Å². The summed E-state index contributed by atoms with van der Waals surface area (Å²) in [6.45, 7) is 6.53. The third-order valence-corrected chi connectivity index (χ3v) is 13.2. The molecule has 0 spiro atoms. The van der Waals surface area contributed by atoms with Crippen LogP contribution in [0.3, 0.4) is 0 Å². The van der Waals surface area contributed by atoms with Gasteiger partial charge >= 0.3 is 17.9 Å². The van der Waals surface area contributed by atoms with Crippen LogP contribution >= 0.6 is 0 Å². The van der Waals surface area contributed by atoms with Gasteiger partial charge in [-0.25, -0.2) is 0 Å². The first-order valence-corrected chi connectivity index (χ1v) is 30.4. The highest BCUT2D eigenvalue weighted by atomic mass is 16.6. The average Bonchev–Trinajstić information content (AvgIpc) is 3.37.